The van der Waals surface area contributed by atoms with Crippen molar-refractivity contribution >= 4 is 27.2 Å². The van der Waals surface area contributed by atoms with Crippen LogP contribution in [0.1, 0.15) is 10.4 Å². The van der Waals surface area contributed by atoms with E-state index in [0.717, 1.165) is 15.8 Å². The minimum absolute atomic E-state index is 0.205. The number of hydrogen-bond acceptors (Lipinski definition) is 5. The molecule has 0 aromatic carbocycles. The van der Waals surface area contributed by atoms with Gasteiger partial charge in [0, 0.05) is 11.9 Å². The molecule has 0 aliphatic carbocycles. The van der Waals surface area contributed by atoms with Crippen molar-refractivity contribution in [3.63, 3.8) is 0 Å². The number of aryl methyl sites for hydroxylation is 3. The third kappa shape index (κ3) is 1.55. The average Bonchev–Trinajstić information content (AvgIpc) is 3.16. The van der Waals surface area contributed by atoms with Gasteiger partial charge in [-0.2, -0.15) is 4.52 Å². The predicted octanol–water partition coefficient (Wildman–Crippen LogP) is 2.52. The maximum Gasteiger partial charge on any atom is 0.351 e. The molecule has 0 bridgehead atoms. The van der Waals surface area contributed by atoms with E-state index in [1.165, 1.54) is 9.39 Å². The largest absolute Gasteiger partial charge is 0.461 e. The summed E-state index contributed by atoms with van der Waals surface area (Å²) in [5, 5.41) is 5.28. The summed E-state index contributed by atoms with van der Waals surface area (Å²) in [5.74, 6) is 0.978. The molecule has 4 rings (SSSR count). The molecule has 0 atom stereocenters. The Kier molecular flexibility index (Phi) is 2.38. The van der Waals surface area contributed by atoms with Crippen LogP contribution in [-0.2, 0) is 7.05 Å². The highest BCUT2D eigenvalue weighted by Crippen LogP contribution is 2.31. The first-order chi connectivity index (χ1) is 10.1. The number of thiophene rings is 1. The Morgan fingerprint density at radius 2 is 2.14 bits per heavy atom. The van der Waals surface area contributed by atoms with Crippen LogP contribution in [0, 0.1) is 13.8 Å². The molecule has 4 heterocycles. The van der Waals surface area contributed by atoms with Crippen LogP contribution in [0.2, 0.25) is 0 Å². The topological polar surface area (TPSA) is 65.3 Å². The van der Waals surface area contributed by atoms with Crippen molar-refractivity contribution < 1.29 is 4.42 Å². The van der Waals surface area contributed by atoms with E-state index in [1.54, 1.807) is 41.3 Å². The number of aromatic nitrogens is 4. The van der Waals surface area contributed by atoms with Gasteiger partial charge in [0.15, 0.2) is 11.4 Å². The maximum absolute atomic E-state index is 12.4. The fourth-order valence-corrected chi connectivity index (χ4v) is 3.56. The first kappa shape index (κ1) is 12.3. The fourth-order valence-electron chi connectivity index (χ4n) is 2.45. The number of furan rings is 1. The molecular weight excluding hydrogens is 288 g/mol. The zero-order chi connectivity index (χ0) is 14.7. The number of rotatable bonds is 1. The summed E-state index contributed by atoms with van der Waals surface area (Å²) in [6, 6.07) is 3.55. The fraction of sp³-hybridized carbons (Fsp3) is 0.214. The second kappa shape index (κ2) is 4.05. The normalized spacial score (nSPS) is 11.8. The van der Waals surface area contributed by atoms with E-state index in [0.29, 0.717) is 17.2 Å². The zero-order valence-electron chi connectivity index (χ0n) is 11.7. The second-order valence-corrected chi connectivity index (χ2v) is 6.16. The van der Waals surface area contributed by atoms with Crippen LogP contribution >= 0.6 is 11.3 Å². The van der Waals surface area contributed by atoms with Crippen LogP contribution < -0.4 is 5.69 Å². The summed E-state index contributed by atoms with van der Waals surface area (Å²) in [6.07, 6.45) is 1.56. The molecular formula is C14H12N4O2S. The van der Waals surface area contributed by atoms with Crippen molar-refractivity contribution in [1.82, 2.24) is 19.2 Å². The zero-order valence-corrected chi connectivity index (χ0v) is 12.6. The van der Waals surface area contributed by atoms with Crippen LogP contribution in [-0.4, -0.2) is 19.2 Å². The van der Waals surface area contributed by atoms with Gasteiger partial charge in [0.25, 0.3) is 0 Å². The van der Waals surface area contributed by atoms with Crippen molar-refractivity contribution in [3.8, 4) is 11.6 Å². The standard InChI is InChI=1S/C14H12N4O2S/c1-7-8(2)21-13-10(7)12-15-11(9-5-4-6-20-9)16-18(12)14(19)17(13)3/h4-6H,1-3H3. The van der Waals surface area contributed by atoms with Gasteiger partial charge in [0.2, 0.25) is 5.82 Å². The van der Waals surface area contributed by atoms with Gasteiger partial charge in [0.1, 0.15) is 4.83 Å². The molecule has 0 aliphatic heterocycles. The first-order valence-corrected chi connectivity index (χ1v) is 7.29. The number of fused-ring (bicyclic) bond motifs is 3. The van der Waals surface area contributed by atoms with Crippen LogP contribution in [0.25, 0.3) is 27.4 Å². The van der Waals surface area contributed by atoms with Gasteiger partial charge in [-0.15, -0.1) is 16.4 Å². The third-order valence-electron chi connectivity index (χ3n) is 3.71. The van der Waals surface area contributed by atoms with E-state index >= 15 is 0 Å². The van der Waals surface area contributed by atoms with Gasteiger partial charge >= 0.3 is 5.69 Å². The van der Waals surface area contributed by atoms with Crippen LogP contribution in [0.4, 0.5) is 0 Å². The van der Waals surface area contributed by atoms with E-state index in [2.05, 4.69) is 10.1 Å². The maximum atomic E-state index is 12.4. The van der Waals surface area contributed by atoms with Gasteiger partial charge in [-0.1, -0.05) is 0 Å². The Hall–Kier alpha value is -2.41. The van der Waals surface area contributed by atoms with Crippen LogP contribution in [0.15, 0.2) is 27.6 Å². The summed E-state index contributed by atoms with van der Waals surface area (Å²) in [7, 11) is 1.76. The minimum atomic E-state index is -0.205. The van der Waals surface area contributed by atoms with Gasteiger partial charge < -0.3 is 4.42 Å². The molecule has 0 amide bonds. The quantitative estimate of drug-likeness (QED) is 0.542. The SMILES string of the molecule is Cc1sc2c(c1C)c1nc(-c3ccco3)nn1c(=O)n2C. The van der Waals surface area contributed by atoms with Gasteiger partial charge in [-0.3, -0.25) is 4.57 Å². The smallest absolute Gasteiger partial charge is 0.351 e. The summed E-state index contributed by atoms with van der Waals surface area (Å²) in [4.78, 5) is 19.1. The Bertz CT molecular complexity index is 1040. The van der Waals surface area contributed by atoms with E-state index < -0.39 is 0 Å². The molecule has 0 N–H and O–H groups in total. The van der Waals surface area contributed by atoms with Crippen LogP contribution in [0.3, 0.4) is 0 Å². The molecule has 0 radical (unpaired) electrons. The van der Waals surface area contributed by atoms with Crippen molar-refractivity contribution in [2.24, 2.45) is 7.05 Å². The Morgan fingerprint density at radius 3 is 2.86 bits per heavy atom. The Balaban J connectivity index is 2.22. The number of nitrogens with zero attached hydrogens (tertiary/aromatic N) is 4. The van der Waals surface area contributed by atoms with Gasteiger partial charge in [0.05, 0.1) is 11.6 Å². The number of hydrogen-bond donors (Lipinski definition) is 0. The molecule has 0 fully saturated rings. The average molecular weight is 300 g/mol. The van der Waals surface area contributed by atoms with E-state index in [4.69, 9.17) is 4.42 Å². The van der Waals surface area contributed by atoms with Gasteiger partial charge in [-0.05, 0) is 31.5 Å². The van der Waals surface area contributed by atoms with Crippen molar-refractivity contribution in [1.29, 1.82) is 0 Å². The molecule has 4 aromatic rings. The van der Waals surface area contributed by atoms with Crippen LogP contribution in [0.5, 0.6) is 0 Å². The van der Waals surface area contributed by atoms with Gasteiger partial charge in [-0.25, -0.2) is 9.78 Å². The predicted molar refractivity (Wildman–Crippen MR) is 80.8 cm³/mol. The lowest BCUT2D eigenvalue weighted by atomic mass is 10.2. The Labute approximate surface area is 123 Å². The van der Waals surface area contributed by atoms with Crippen molar-refractivity contribution in [2.45, 2.75) is 13.8 Å². The highest BCUT2D eigenvalue weighted by molar-refractivity contribution is 7.19. The second-order valence-electron chi connectivity index (χ2n) is 4.95. The molecule has 0 spiro atoms. The minimum Gasteiger partial charge on any atom is -0.461 e. The molecule has 0 aliphatic rings. The van der Waals surface area contributed by atoms with Crippen molar-refractivity contribution in [2.75, 3.05) is 0 Å². The van der Waals surface area contributed by atoms with E-state index in [9.17, 15) is 4.79 Å². The molecule has 0 saturated heterocycles. The van der Waals surface area contributed by atoms with Crippen molar-refractivity contribution in [3.05, 3.63) is 39.3 Å². The van der Waals surface area contributed by atoms with E-state index in [1.807, 2.05) is 13.8 Å². The summed E-state index contributed by atoms with van der Waals surface area (Å²) in [6.45, 7) is 4.09. The highest BCUT2D eigenvalue weighted by atomic mass is 32.1. The molecule has 6 nitrogen and oxygen atoms in total. The summed E-state index contributed by atoms with van der Waals surface area (Å²) >= 11 is 1.60. The summed E-state index contributed by atoms with van der Waals surface area (Å²) < 4.78 is 8.29. The molecule has 0 unspecified atom stereocenters. The molecule has 4 aromatic heterocycles. The monoisotopic (exact) mass is 300 g/mol. The molecule has 106 valence electrons. The lowest BCUT2D eigenvalue weighted by Crippen LogP contribution is -2.24. The third-order valence-corrected chi connectivity index (χ3v) is 5.00. The first-order valence-electron chi connectivity index (χ1n) is 6.47. The van der Waals surface area contributed by atoms with E-state index in [-0.39, 0.29) is 5.69 Å². The molecule has 7 heteroatoms. The molecule has 21 heavy (non-hydrogen) atoms. The Morgan fingerprint density at radius 1 is 1.33 bits per heavy atom. The lowest BCUT2D eigenvalue weighted by molar-refractivity contribution is 0.577. The highest BCUT2D eigenvalue weighted by Gasteiger charge is 2.19. The summed E-state index contributed by atoms with van der Waals surface area (Å²) in [5.41, 5.74) is 1.51. The molecule has 0 saturated carbocycles. The lowest BCUT2D eigenvalue weighted by Gasteiger charge is -2.01.